The fourth-order valence-electron chi connectivity index (χ4n) is 2.39. The Labute approximate surface area is 124 Å². The predicted octanol–water partition coefficient (Wildman–Crippen LogP) is 1.71. The summed E-state index contributed by atoms with van der Waals surface area (Å²) in [6, 6.07) is 4.91. The third kappa shape index (κ3) is 3.72. The molecule has 6 nitrogen and oxygen atoms in total. The summed E-state index contributed by atoms with van der Waals surface area (Å²) in [5, 5.41) is 5.82. The van der Waals surface area contributed by atoms with Gasteiger partial charge in [-0.05, 0) is 44.4 Å². The van der Waals surface area contributed by atoms with E-state index in [9.17, 15) is 9.59 Å². The van der Waals surface area contributed by atoms with Crippen LogP contribution in [0.5, 0.6) is 0 Å². The Hall–Kier alpha value is -2.08. The van der Waals surface area contributed by atoms with E-state index in [0.29, 0.717) is 18.7 Å². The molecule has 1 aromatic carbocycles. The fraction of sp³-hybridized carbons (Fsp3) is 0.467. The first kappa shape index (κ1) is 15.3. The molecule has 2 rings (SSSR count). The van der Waals surface area contributed by atoms with Crippen LogP contribution in [0.15, 0.2) is 18.2 Å². The van der Waals surface area contributed by atoms with Crippen LogP contribution in [0.4, 0.5) is 10.5 Å². The van der Waals surface area contributed by atoms with Gasteiger partial charge in [-0.3, -0.25) is 10.1 Å². The molecule has 6 heteroatoms. The molecule has 2 amide bonds. The van der Waals surface area contributed by atoms with Crippen LogP contribution in [0, 0.1) is 0 Å². The maximum Gasteiger partial charge on any atom is 0.412 e. The van der Waals surface area contributed by atoms with E-state index in [4.69, 9.17) is 10.5 Å². The molecule has 0 saturated carbocycles. The number of amides is 2. The highest BCUT2D eigenvalue weighted by Crippen LogP contribution is 2.29. The standard InChI is InChI=1S/C15H21N3O3/c1-15(2,3)21-14(20)18-11-6-4-5-10-9(11)7-8-17-12(10)13(16)19/h4-6,12,17H,7-8H2,1-3H3,(H2,16,19)(H,18,20)/t12-/m0/s1. The molecule has 0 spiro atoms. The van der Waals surface area contributed by atoms with E-state index in [1.165, 1.54) is 0 Å². The molecular weight excluding hydrogens is 270 g/mol. The van der Waals surface area contributed by atoms with E-state index in [2.05, 4.69) is 10.6 Å². The number of benzene rings is 1. The van der Waals surface area contributed by atoms with Gasteiger partial charge in [0.15, 0.2) is 0 Å². The number of primary amides is 1. The SMILES string of the molecule is CC(C)(C)OC(=O)Nc1cccc2c1CCN[C@@H]2C(N)=O. The van der Waals surface area contributed by atoms with Crippen LogP contribution in [0.25, 0.3) is 0 Å². The van der Waals surface area contributed by atoms with Crippen molar-refractivity contribution in [2.45, 2.75) is 38.8 Å². The second-order valence-corrected chi connectivity index (χ2v) is 6.04. The van der Waals surface area contributed by atoms with Crippen LogP contribution in [0.2, 0.25) is 0 Å². The van der Waals surface area contributed by atoms with E-state index in [1.54, 1.807) is 32.9 Å². The first-order valence-corrected chi connectivity index (χ1v) is 6.92. The lowest BCUT2D eigenvalue weighted by Crippen LogP contribution is -2.39. The minimum atomic E-state index is -0.559. The molecule has 1 aliphatic heterocycles. The highest BCUT2D eigenvalue weighted by atomic mass is 16.6. The van der Waals surface area contributed by atoms with E-state index in [-0.39, 0.29) is 0 Å². The Morgan fingerprint density at radius 3 is 2.71 bits per heavy atom. The minimum absolute atomic E-state index is 0.426. The Balaban J connectivity index is 2.24. The van der Waals surface area contributed by atoms with Gasteiger partial charge in [0.1, 0.15) is 11.6 Å². The molecule has 0 bridgehead atoms. The number of carbonyl (C=O) groups is 2. The molecule has 1 heterocycles. The summed E-state index contributed by atoms with van der Waals surface area (Å²) in [4.78, 5) is 23.4. The van der Waals surface area contributed by atoms with Crippen LogP contribution in [-0.4, -0.2) is 24.1 Å². The summed E-state index contributed by atoms with van der Waals surface area (Å²) in [6.45, 7) is 6.05. The molecule has 4 N–H and O–H groups in total. The Morgan fingerprint density at radius 2 is 2.10 bits per heavy atom. The van der Waals surface area contributed by atoms with Gasteiger partial charge in [-0.25, -0.2) is 4.79 Å². The molecule has 0 aliphatic carbocycles. The molecule has 1 aromatic rings. The zero-order valence-electron chi connectivity index (χ0n) is 12.5. The summed E-state index contributed by atoms with van der Waals surface area (Å²) < 4.78 is 5.25. The molecule has 0 radical (unpaired) electrons. The molecule has 21 heavy (non-hydrogen) atoms. The van der Waals surface area contributed by atoms with Crippen LogP contribution in [-0.2, 0) is 16.0 Å². The Kier molecular flexibility index (Phi) is 4.18. The van der Waals surface area contributed by atoms with E-state index < -0.39 is 23.6 Å². The van der Waals surface area contributed by atoms with E-state index in [1.807, 2.05) is 6.07 Å². The first-order valence-electron chi connectivity index (χ1n) is 6.92. The van der Waals surface area contributed by atoms with Crippen molar-refractivity contribution in [3.8, 4) is 0 Å². The molecule has 0 fully saturated rings. The average molecular weight is 291 g/mol. The number of ether oxygens (including phenoxy) is 1. The topological polar surface area (TPSA) is 93.4 Å². The lowest BCUT2D eigenvalue weighted by molar-refractivity contribution is -0.120. The fourth-order valence-corrected chi connectivity index (χ4v) is 2.39. The van der Waals surface area contributed by atoms with Crippen molar-refractivity contribution in [1.82, 2.24) is 5.32 Å². The summed E-state index contributed by atoms with van der Waals surface area (Å²) in [6.07, 6.45) is 0.204. The Morgan fingerprint density at radius 1 is 1.38 bits per heavy atom. The zero-order valence-corrected chi connectivity index (χ0v) is 12.5. The number of rotatable bonds is 2. The summed E-state index contributed by atoms with van der Waals surface area (Å²) in [5.74, 6) is -0.426. The van der Waals surface area contributed by atoms with Gasteiger partial charge in [-0.2, -0.15) is 0 Å². The lowest BCUT2D eigenvalue weighted by atomic mass is 9.92. The van der Waals surface area contributed by atoms with Crippen LogP contribution >= 0.6 is 0 Å². The molecule has 1 aliphatic rings. The number of nitrogens with two attached hydrogens (primary N) is 1. The van der Waals surface area contributed by atoms with Crippen molar-refractivity contribution in [3.63, 3.8) is 0 Å². The molecule has 114 valence electrons. The van der Waals surface area contributed by atoms with Crippen molar-refractivity contribution in [2.24, 2.45) is 5.73 Å². The zero-order chi connectivity index (χ0) is 15.6. The summed E-state index contributed by atoms with van der Waals surface area (Å²) in [5.41, 5.74) is 7.24. The summed E-state index contributed by atoms with van der Waals surface area (Å²) >= 11 is 0. The van der Waals surface area contributed by atoms with Gasteiger partial charge in [0.25, 0.3) is 0 Å². The highest BCUT2D eigenvalue weighted by Gasteiger charge is 2.26. The van der Waals surface area contributed by atoms with Gasteiger partial charge in [-0.15, -0.1) is 0 Å². The van der Waals surface area contributed by atoms with Gasteiger partial charge in [0.05, 0.1) is 0 Å². The minimum Gasteiger partial charge on any atom is -0.444 e. The highest BCUT2D eigenvalue weighted by molar-refractivity contribution is 5.88. The van der Waals surface area contributed by atoms with Crippen LogP contribution in [0.1, 0.15) is 37.9 Å². The number of fused-ring (bicyclic) bond motifs is 1. The van der Waals surface area contributed by atoms with Crippen LogP contribution < -0.4 is 16.4 Å². The van der Waals surface area contributed by atoms with Crippen molar-refractivity contribution in [2.75, 3.05) is 11.9 Å². The quantitative estimate of drug-likeness (QED) is 0.773. The predicted molar refractivity (Wildman–Crippen MR) is 79.9 cm³/mol. The van der Waals surface area contributed by atoms with E-state index >= 15 is 0 Å². The maximum absolute atomic E-state index is 11.9. The molecular formula is C15H21N3O3. The van der Waals surface area contributed by atoms with Crippen molar-refractivity contribution in [3.05, 3.63) is 29.3 Å². The lowest BCUT2D eigenvalue weighted by Gasteiger charge is -2.27. The van der Waals surface area contributed by atoms with Gasteiger partial charge in [-0.1, -0.05) is 12.1 Å². The second-order valence-electron chi connectivity index (χ2n) is 6.04. The van der Waals surface area contributed by atoms with Gasteiger partial charge in [0.2, 0.25) is 5.91 Å². The average Bonchev–Trinajstić information content (AvgIpc) is 2.36. The maximum atomic E-state index is 11.9. The monoisotopic (exact) mass is 291 g/mol. The smallest absolute Gasteiger partial charge is 0.412 e. The van der Waals surface area contributed by atoms with Gasteiger partial charge < -0.3 is 15.8 Å². The number of hydrogen-bond acceptors (Lipinski definition) is 4. The first-order chi connectivity index (χ1) is 9.78. The normalized spacial score (nSPS) is 17.8. The van der Waals surface area contributed by atoms with Crippen molar-refractivity contribution >= 4 is 17.7 Å². The largest absolute Gasteiger partial charge is 0.444 e. The number of nitrogens with one attached hydrogen (secondary N) is 2. The Bertz CT molecular complexity index is 564. The third-order valence-corrected chi connectivity index (χ3v) is 3.17. The molecule has 0 saturated heterocycles. The number of anilines is 1. The third-order valence-electron chi connectivity index (χ3n) is 3.17. The summed E-state index contributed by atoms with van der Waals surface area (Å²) in [7, 11) is 0. The number of hydrogen-bond donors (Lipinski definition) is 3. The molecule has 0 unspecified atom stereocenters. The van der Waals surface area contributed by atoms with Crippen molar-refractivity contribution in [1.29, 1.82) is 0 Å². The van der Waals surface area contributed by atoms with Gasteiger partial charge in [0, 0.05) is 12.2 Å². The second kappa shape index (κ2) is 5.73. The number of carbonyl (C=O) groups excluding carboxylic acids is 2. The molecule has 1 atom stereocenters. The van der Waals surface area contributed by atoms with Crippen LogP contribution in [0.3, 0.4) is 0 Å². The van der Waals surface area contributed by atoms with Gasteiger partial charge >= 0.3 is 6.09 Å². The molecule has 0 aromatic heterocycles. The van der Waals surface area contributed by atoms with E-state index in [0.717, 1.165) is 11.1 Å². The van der Waals surface area contributed by atoms with Crippen molar-refractivity contribution < 1.29 is 14.3 Å².